The average molecular weight is 249 g/mol. The molecule has 1 amide bonds. The van der Waals surface area contributed by atoms with Gasteiger partial charge in [-0.25, -0.2) is 0 Å². The molecular formula is C13H15NO2S. The first kappa shape index (κ1) is 13.5. The quantitative estimate of drug-likeness (QED) is 0.478. The van der Waals surface area contributed by atoms with E-state index in [9.17, 15) is 9.59 Å². The Balaban J connectivity index is 2.51. The van der Waals surface area contributed by atoms with Gasteiger partial charge in [-0.15, -0.1) is 18.3 Å². The van der Waals surface area contributed by atoms with Crippen LogP contribution < -0.4 is 5.32 Å². The minimum atomic E-state index is -0.0388. The number of benzene rings is 1. The molecule has 0 aliphatic carbocycles. The van der Waals surface area contributed by atoms with Crippen LogP contribution in [0.25, 0.3) is 0 Å². The molecule has 0 radical (unpaired) electrons. The van der Waals surface area contributed by atoms with Gasteiger partial charge in [0, 0.05) is 17.0 Å². The number of ketones is 1. The first-order chi connectivity index (χ1) is 8.13. The highest BCUT2D eigenvalue weighted by atomic mass is 32.2. The number of Topliss-reactive ketones (excluding diaryl/α,β-unsaturated/α-hetero) is 1. The Morgan fingerprint density at radius 1 is 1.47 bits per heavy atom. The lowest BCUT2D eigenvalue weighted by Gasteiger charge is -2.03. The second-order valence-corrected chi connectivity index (χ2v) is 4.51. The molecule has 0 aliphatic rings. The van der Waals surface area contributed by atoms with Crippen LogP contribution in [0.4, 0.5) is 0 Å². The van der Waals surface area contributed by atoms with E-state index in [0.717, 1.165) is 4.90 Å². The zero-order chi connectivity index (χ0) is 12.7. The Morgan fingerprint density at radius 2 is 2.24 bits per heavy atom. The number of amides is 1. The van der Waals surface area contributed by atoms with Gasteiger partial charge in [0.25, 0.3) is 0 Å². The first-order valence-corrected chi connectivity index (χ1v) is 6.23. The zero-order valence-electron chi connectivity index (χ0n) is 9.73. The molecule has 1 aromatic rings. The maximum Gasteiger partial charge on any atom is 0.230 e. The molecule has 0 fully saturated rings. The van der Waals surface area contributed by atoms with Crippen molar-refractivity contribution in [1.29, 1.82) is 0 Å². The molecule has 90 valence electrons. The van der Waals surface area contributed by atoms with E-state index in [-0.39, 0.29) is 11.7 Å². The van der Waals surface area contributed by atoms with Crippen molar-refractivity contribution in [2.24, 2.45) is 0 Å². The highest BCUT2D eigenvalue weighted by Gasteiger charge is 2.04. The van der Waals surface area contributed by atoms with Gasteiger partial charge < -0.3 is 5.32 Å². The van der Waals surface area contributed by atoms with Crippen molar-refractivity contribution in [3.05, 3.63) is 42.5 Å². The monoisotopic (exact) mass is 249 g/mol. The lowest BCUT2D eigenvalue weighted by Crippen LogP contribution is -2.24. The summed E-state index contributed by atoms with van der Waals surface area (Å²) in [6.07, 6.45) is 1.64. The molecule has 0 atom stereocenters. The second kappa shape index (κ2) is 6.91. The van der Waals surface area contributed by atoms with Crippen molar-refractivity contribution in [1.82, 2.24) is 5.32 Å². The van der Waals surface area contributed by atoms with Gasteiger partial charge in [0.05, 0.1) is 5.75 Å². The maximum atomic E-state index is 11.3. The van der Waals surface area contributed by atoms with Crippen molar-refractivity contribution in [2.75, 3.05) is 12.3 Å². The van der Waals surface area contributed by atoms with Gasteiger partial charge in [0.2, 0.25) is 5.91 Å². The van der Waals surface area contributed by atoms with Crippen LogP contribution >= 0.6 is 11.8 Å². The van der Waals surface area contributed by atoms with Gasteiger partial charge in [-0.05, 0) is 19.1 Å². The number of hydrogen-bond donors (Lipinski definition) is 1. The summed E-state index contributed by atoms with van der Waals surface area (Å²) in [6.45, 7) is 5.53. The van der Waals surface area contributed by atoms with E-state index in [1.807, 2.05) is 12.1 Å². The number of carbonyl (C=O) groups excluding carboxylic acids is 2. The molecule has 4 heteroatoms. The van der Waals surface area contributed by atoms with Gasteiger partial charge >= 0.3 is 0 Å². The van der Waals surface area contributed by atoms with Crippen LogP contribution in [0.15, 0.2) is 41.8 Å². The maximum absolute atomic E-state index is 11.3. The summed E-state index contributed by atoms with van der Waals surface area (Å²) in [5.74, 6) is 0.335. The molecule has 0 aromatic heterocycles. The fraction of sp³-hybridized carbons (Fsp3) is 0.231. The molecule has 3 nitrogen and oxygen atoms in total. The Bertz CT molecular complexity index is 429. The van der Waals surface area contributed by atoms with Crippen molar-refractivity contribution in [3.63, 3.8) is 0 Å². The van der Waals surface area contributed by atoms with E-state index in [4.69, 9.17) is 0 Å². The fourth-order valence-corrected chi connectivity index (χ4v) is 1.98. The number of rotatable bonds is 6. The summed E-state index contributed by atoms with van der Waals surface area (Å²) >= 11 is 1.41. The van der Waals surface area contributed by atoms with E-state index in [2.05, 4.69) is 11.9 Å². The number of hydrogen-bond acceptors (Lipinski definition) is 3. The third kappa shape index (κ3) is 4.87. The highest BCUT2D eigenvalue weighted by molar-refractivity contribution is 8.00. The fourth-order valence-electron chi connectivity index (χ4n) is 1.19. The van der Waals surface area contributed by atoms with Crippen molar-refractivity contribution in [2.45, 2.75) is 11.8 Å². The predicted molar refractivity (Wildman–Crippen MR) is 70.4 cm³/mol. The van der Waals surface area contributed by atoms with Gasteiger partial charge in [-0.2, -0.15) is 0 Å². The van der Waals surface area contributed by atoms with Crippen LogP contribution in [0.5, 0.6) is 0 Å². The molecule has 0 bridgehead atoms. The summed E-state index contributed by atoms with van der Waals surface area (Å²) in [5, 5.41) is 2.70. The minimum absolute atomic E-state index is 0.0311. The molecule has 1 rings (SSSR count). The van der Waals surface area contributed by atoms with E-state index in [1.54, 1.807) is 18.2 Å². The molecule has 0 spiro atoms. The topological polar surface area (TPSA) is 46.2 Å². The first-order valence-electron chi connectivity index (χ1n) is 5.25. The highest BCUT2D eigenvalue weighted by Crippen LogP contribution is 2.19. The summed E-state index contributed by atoms with van der Waals surface area (Å²) < 4.78 is 0. The van der Waals surface area contributed by atoms with E-state index >= 15 is 0 Å². The third-order valence-corrected chi connectivity index (χ3v) is 3.05. The van der Waals surface area contributed by atoms with Crippen molar-refractivity contribution in [3.8, 4) is 0 Å². The average Bonchev–Trinajstić information content (AvgIpc) is 2.34. The van der Waals surface area contributed by atoms with Gasteiger partial charge in [0.15, 0.2) is 5.78 Å². The molecule has 1 N–H and O–H groups in total. The van der Waals surface area contributed by atoms with E-state index in [1.165, 1.54) is 18.7 Å². The summed E-state index contributed by atoms with van der Waals surface area (Å²) in [5.41, 5.74) is 0.668. The molecule has 1 aromatic carbocycles. The molecule has 0 aliphatic heterocycles. The predicted octanol–water partition coefficient (Wildman–Crippen LogP) is 2.28. The van der Waals surface area contributed by atoms with Crippen LogP contribution in [0, 0.1) is 0 Å². The summed E-state index contributed by atoms with van der Waals surface area (Å²) in [4.78, 5) is 23.4. The SMILES string of the molecule is C=CCNC(=O)CSc1cccc(C(C)=O)c1. The molecule has 0 saturated heterocycles. The number of nitrogens with one attached hydrogen (secondary N) is 1. The minimum Gasteiger partial charge on any atom is -0.352 e. The van der Waals surface area contributed by atoms with E-state index in [0.29, 0.717) is 17.9 Å². The smallest absolute Gasteiger partial charge is 0.230 e. The number of carbonyl (C=O) groups is 2. The van der Waals surface area contributed by atoms with Gasteiger partial charge in [0.1, 0.15) is 0 Å². The van der Waals surface area contributed by atoms with Crippen molar-refractivity contribution < 1.29 is 9.59 Å². The van der Waals surface area contributed by atoms with Crippen LogP contribution in [0.2, 0.25) is 0 Å². The van der Waals surface area contributed by atoms with Crippen LogP contribution in [0.1, 0.15) is 17.3 Å². The molecule has 0 heterocycles. The van der Waals surface area contributed by atoms with E-state index < -0.39 is 0 Å². The van der Waals surface area contributed by atoms with Crippen LogP contribution in [-0.4, -0.2) is 24.0 Å². The van der Waals surface area contributed by atoms with Gasteiger partial charge in [-0.1, -0.05) is 18.2 Å². The lowest BCUT2D eigenvalue weighted by atomic mass is 10.2. The standard InChI is InChI=1S/C13H15NO2S/c1-3-7-14-13(16)9-17-12-6-4-5-11(8-12)10(2)15/h3-6,8H,1,7,9H2,2H3,(H,14,16). The lowest BCUT2D eigenvalue weighted by molar-refractivity contribution is -0.118. The van der Waals surface area contributed by atoms with Crippen LogP contribution in [-0.2, 0) is 4.79 Å². The number of thioether (sulfide) groups is 1. The Hall–Kier alpha value is -1.55. The Morgan fingerprint density at radius 3 is 2.88 bits per heavy atom. The molecule has 0 saturated carbocycles. The molecule has 17 heavy (non-hydrogen) atoms. The largest absolute Gasteiger partial charge is 0.352 e. The Labute approximate surface area is 105 Å². The Kier molecular flexibility index (Phi) is 5.49. The summed E-state index contributed by atoms with van der Waals surface area (Å²) in [6, 6.07) is 7.27. The normalized spacial score (nSPS) is 9.71. The second-order valence-electron chi connectivity index (χ2n) is 3.47. The van der Waals surface area contributed by atoms with Crippen LogP contribution in [0.3, 0.4) is 0 Å². The third-order valence-electron chi connectivity index (χ3n) is 2.05. The molecular weight excluding hydrogens is 234 g/mol. The van der Waals surface area contributed by atoms with Gasteiger partial charge in [-0.3, -0.25) is 9.59 Å². The zero-order valence-corrected chi connectivity index (χ0v) is 10.5. The summed E-state index contributed by atoms with van der Waals surface area (Å²) in [7, 11) is 0. The molecule has 0 unspecified atom stereocenters. The van der Waals surface area contributed by atoms with Crippen molar-refractivity contribution >= 4 is 23.5 Å².